The summed E-state index contributed by atoms with van der Waals surface area (Å²) in [6, 6.07) is 23.7. The molecule has 22 heteroatoms. The van der Waals surface area contributed by atoms with E-state index in [0.29, 0.717) is 22.6 Å². The van der Waals surface area contributed by atoms with Crippen LogP contribution in [-0.4, -0.2) is 106 Å². The first-order valence-corrected chi connectivity index (χ1v) is 25.5. The van der Waals surface area contributed by atoms with E-state index >= 15 is 0 Å². The molecule has 6 aromatic heterocycles. The lowest BCUT2D eigenvalue weighted by molar-refractivity contribution is -0.160. The van der Waals surface area contributed by atoms with Gasteiger partial charge in [0.25, 0.3) is 12.9 Å². The molecule has 8 heterocycles. The first kappa shape index (κ1) is 56.9. The van der Waals surface area contributed by atoms with E-state index in [1.165, 1.54) is 12.7 Å². The quantitative estimate of drug-likeness (QED) is 0.0585. The second-order valence-electron chi connectivity index (χ2n) is 20.7. The first-order chi connectivity index (χ1) is 35.5. The number of halogens is 5. The fraction of sp³-hybridized carbons (Fsp3) is 0.455. The molecular weight excluding hydrogens is 1020 g/mol. The molecule has 2 aliphatic heterocycles. The van der Waals surface area contributed by atoms with Crippen molar-refractivity contribution in [1.82, 2.24) is 45.2 Å². The van der Waals surface area contributed by atoms with Crippen LogP contribution in [0.5, 0.6) is 0 Å². The van der Waals surface area contributed by atoms with Gasteiger partial charge in [-0.1, -0.05) is 43.3 Å². The third-order valence-electron chi connectivity index (χ3n) is 14.8. The van der Waals surface area contributed by atoms with Crippen molar-refractivity contribution in [3.8, 4) is 0 Å². The van der Waals surface area contributed by atoms with Gasteiger partial charge >= 0.3 is 0 Å². The van der Waals surface area contributed by atoms with E-state index in [9.17, 15) is 17.6 Å². The van der Waals surface area contributed by atoms with Crippen molar-refractivity contribution in [3.63, 3.8) is 0 Å². The number of pyridine rings is 2. The zero-order chi connectivity index (χ0) is 51.5. The van der Waals surface area contributed by atoms with Gasteiger partial charge in [-0.3, -0.25) is 0 Å². The van der Waals surface area contributed by atoms with Crippen molar-refractivity contribution in [1.29, 1.82) is 0 Å². The molecule has 8 atom stereocenters. The summed E-state index contributed by atoms with van der Waals surface area (Å²) in [5.41, 5.74) is 11.6. The van der Waals surface area contributed by atoms with E-state index < -0.39 is 37.5 Å². The number of hydrogen-bond donors (Lipinski definition) is 4. The number of nitrogens with two attached hydrogens (primary N) is 1. The van der Waals surface area contributed by atoms with Crippen LogP contribution in [0.1, 0.15) is 84.0 Å². The SMILES string of the molecule is C.CC1(C)O[C@@H]2[C@@H](CCc3ccc4ccc(NCC(F)F)nc4c3)C[C@@H](n3ccc4c(Cl)ncnc43)[C@@H]2O1.CC1(C)O[C@@H]2[C@@H](CCc3ccc4ccc(NCC(F)F)nc4c3)C[C@@H](n3ccc4c(N)ncnc43)[C@@H]2O1.N.O. The van der Waals surface area contributed by atoms with Crippen LogP contribution in [-0.2, 0) is 31.8 Å². The van der Waals surface area contributed by atoms with Gasteiger partial charge in [-0.25, -0.2) is 47.5 Å². The van der Waals surface area contributed by atoms with Gasteiger partial charge in [0.15, 0.2) is 11.6 Å². The highest BCUT2D eigenvalue weighted by molar-refractivity contribution is 6.33. The average Bonchev–Trinajstić information content (AvgIpc) is 4.25. The van der Waals surface area contributed by atoms with E-state index in [1.54, 1.807) is 12.1 Å². The summed E-state index contributed by atoms with van der Waals surface area (Å²) in [7, 11) is 0. The Morgan fingerprint density at radius 2 is 1.05 bits per heavy atom. The number of alkyl halides is 4. The molecule has 8 aromatic rings. The molecule has 0 amide bonds. The minimum absolute atomic E-state index is 0. The summed E-state index contributed by atoms with van der Waals surface area (Å²) in [4.78, 5) is 26.3. The molecule has 0 spiro atoms. The number of nitrogens with zero attached hydrogens (tertiary/aromatic N) is 8. The summed E-state index contributed by atoms with van der Waals surface area (Å²) in [5, 5.41) is 9.43. The number of aromatic nitrogens is 8. The monoisotopic (exact) mass is 1090 g/mol. The predicted octanol–water partition coefficient (Wildman–Crippen LogP) is 10.9. The van der Waals surface area contributed by atoms with Crippen molar-refractivity contribution in [2.45, 2.75) is 135 Å². The lowest BCUT2D eigenvalue weighted by Gasteiger charge is -2.24. The Hall–Kier alpha value is -6.33. The molecule has 9 N–H and O–H groups in total. The molecule has 4 fully saturated rings. The molecule has 77 heavy (non-hydrogen) atoms. The zero-order valence-electron chi connectivity index (χ0n) is 42.6. The minimum Gasteiger partial charge on any atom is -0.412 e. The minimum atomic E-state index is -2.43. The number of nitrogen functional groups attached to an aromatic ring is 1. The molecule has 412 valence electrons. The van der Waals surface area contributed by atoms with Gasteiger partial charge in [-0.15, -0.1) is 0 Å². The summed E-state index contributed by atoms with van der Waals surface area (Å²) < 4.78 is 80.2. The van der Waals surface area contributed by atoms with E-state index in [2.05, 4.69) is 61.8 Å². The van der Waals surface area contributed by atoms with Crippen LogP contribution in [0.4, 0.5) is 35.0 Å². The Kier molecular flexibility index (Phi) is 16.9. The number of rotatable bonds is 14. The lowest BCUT2D eigenvalue weighted by Crippen LogP contribution is -2.27. The Labute approximate surface area is 448 Å². The maximum Gasteiger partial charge on any atom is 0.255 e. The largest absolute Gasteiger partial charge is 0.412 e. The van der Waals surface area contributed by atoms with Gasteiger partial charge in [0, 0.05) is 23.2 Å². The second kappa shape index (κ2) is 22.9. The van der Waals surface area contributed by atoms with E-state index in [4.69, 9.17) is 36.3 Å². The summed E-state index contributed by atoms with van der Waals surface area (Å²) in [6.07, 6.45) is 7.24. The van der Waals surface area contributed by atoms with Crippen LogP contribution in [0.2, 0.25) is 5.15 Å². The van der Waals surface area contributed by atoms with E-state index in [-0.39, 0.29) is 67.4 Å². The zero-order valence-corrected chi connectivity index (χ0v) is 43.3. The van der Waals surface area contributed by atoms with Crippen LogP contribution in [0.15, 0.2) is 97.8 Å². The Balaban J connectivity index is 0.000000196. The highest BCUT2D eigenvalue weighted by atomic mass is 35.5. The maximum absolute atomic E-state index is 12.6. The number of benzene rings is 2. The van der Waals surface area contributed by atoms with E-state index in [0.717, 1.165) is 93.5 Å². The fourth-order valence-corrected chi connectivity index (χ4v) is 11.8. The maximum atomic E-state index is 12.6. The van der Waals surface area contributed by atoms with Crippen LogP contribution < -0.4 is 22.5 Å². The molecular formula is C55H67ClF4N12O5. The van der Waals surface area contributed by atoms with Gasteiger partial charge in [-0.2, -0.15) is 0 Å². The summed E-state index contributed by atoms with van der Waals surface area (Å²) in [6.45, 7) is 7.00. The van der Waals surface area contributed by atoms with Crippen molar-refractivity contribution in [3.05, 3.63) is 114 Å². The molecule has 12 rings (SSSR count). The van der Waals surface area contributed by atoms with Crippen molar-refractivity contribution >= 4 is 72.9 Å². The number of fused-ring (bicyclic) bond motifs is 6. The summed E-state index contributed by atoms with van der Waals surface area (Å²) in [5.74, 6) is 0.636. The second-order valence-corrected chi connectivity index (χ2v) is 21.0. The smallest absolute Gasteiger partial charge is 0.255 e. The number of hydrogen-bond acceptors (Lipinski definition) is 14. The molecule has 17 nitrogen and oxygen atoms in total. The molecule has 2 aliphatic carbocycles. The lowest BCUT2D eigenvalue weighted by atomic mass is 9.95. The van der Waals surface area contributed by atoms with Gasteiger partial charge in [0.1, 0.15) is 58.8 Å². The van der Waals surface area contributed by atoms with Gasteiger partial charge in [-0.05, 0) is 138 Å². The highest BCUT2D eigenvalue weighted by Gasteiger charge is 2.55. The molecule has 2 saturated heterocycles. The van der Waals surface area contributed by atoms with Crippen LogP contribution in [0, 0.1) is 11.8 Å². The fourth-order valence-electron chi connectivity index (χ4n) is 11.6. The summed E-state index contributed by atoms with van der Waals surface area (Å²) >= 11 is 6.30. The number of anilines is 3. The van der Waals surface area contributed by atoms with Crippen molar-refractivity contribution in [2.75, 3.05) is 29.5 Å². The van der Waals surface area contributed by atoms with Crippen LogP contribution in [0.25, 0.3) is 43.9 Å². The number of aryl methyl sites for hydroxylation is 2. The highest BCUT2D eigenvalue weighted by Crippen LogP contribution is 2.51. The Morgan fingerprint density at radius 3 is 1.53 bits per heavy atom. The molecule has 0 bridgehead atoms. The third kappa shape index (κ3) is 11.9. The van der Waals surface area contributed by atoms with Gasteiger partial charge in [0.05, 0.1) is 59.2 Å². The third-order valence-corrected chi connectivity index (χ3v) is 15.1. The van der Waals surface area contributed by atoms with Crippen molar-refractivity contribution in [2.24, 2.45) is 11.8 Å². The predicted molar refractivity (Wildman–Crippen MR) is 291 cm³/mol. The molecule has 0 radical (unpaired) electrons. The molecule has 0 unspecified atom stereocenters. The van der Waals surface area contributed by atoms with Gasteiger partial charge < -0.3 is 56.1 Å². The Bertz CT molecular complexity index is 3110. The van der Waals surface area contributed by atoms with Crippen LogP contribution in [0.3, 0.4) is 0 Å². The topological polar surface area (TPSA) is 241 Å². The molecule has 2 aromatic carbocycles. The number of nitrogens with one attached hydrogen (secondary N) is 2. The standard InChI is InChI=1S/C27H28ClF2N5O2.C27H30F2N6O2.CH4.H3N.H2O/c1-27(2)36-23-17(12-20(24(23)37-27)35-10-9-18-25(28)32-14-33-26(18)35)6-4-15-3-5-16-7-8-22(31-13-21(29)30)34-19(16)11-15;1-27(2)36-23-17(12-20(24(23)37-27)35-10-9-18-25(30)32-14-33-26(18)35)6-4-15-3-5-16-7-8-22(31-13-21(28)29)34-19(16)11-15;;;/h3,5,7-11,14,17,20-21,23-24H,4,6,12-13H2,1-2H3,(H,31,34);3,5,7-11,14,17,20-21,23-24H,4,6,12-13H2,1-2H3,(H,31,34)(H2,30,32,33);1H4;1H3;1H2/t2*17-,20+,23+,24-;;;/m00.../s1. The van der Waals surface area contributed by atoms with Gasteiger partial charge in [0.2, 0.25) is 0 Å². The number of ether oxygens (including phenoxy) is 4. The normalized spacial score (nSPS) is 23.8. The van der Waals surface area contributed by atoms with Crippen LogP contribution >= 0.6 is 11.6 Å². The van der Waals surface area contributed by atoms with E-state index in [1.807, 2.05) is 88.6 Å². The molecule has 4 aliphatic rings. The molecule has 2 saturated carbocycles. The Morgan fingerprint density at radius 1 is 0.623 bits per heavy atom. The van der Waals surface area contributed by atoms with Crippen molar-refractivity contribution < 1.29 is 42.0 Å². The first-order valence-electron chi connectivity index (χ1n) is 25.1. The average molecular weight is 1090 g/mol.